The topological polar surface area (TPSA) is 71.1 Å². The first-order chi connectivity index (χ1) is 13.8. The molecular formula is C23H25N3O2S. The van der Waals surface area contributed by atoms with Crippen LogP contribution in [-0.4, -0.2) is 23.3 Å². The Labute approximate surface area is 175 Å². The van der Waals surface area contributed by atoms with Crippen LogP contribution in [0.15, 0.2) is 42.5 Å². The quantitative estimate of drug-likeness (QED) is 0.618. The van der Waals surface area contributed by atoms with Crippen molar-refractivity contribution in [2.24, 2.45) is 0 Å². The van der Waals surface area contributed by atoms with Gasteiger partial charge in [0, 0.05) is 29.1 Å². The lowest BCUT2D eigenvalue weighted by atomic mass is 10.1. The molecule has 0 fully saturated rings. The number of aryl methyl sites for hydroxylation is 4. The fraction of sp³-hybridized carbons (Fsp3) is 0.261. The highest BCUT2D eigenvalue weighted by Crippen LogP contribution is 2.28. The van der Waals surface area contributed by atoms with Crippen molar-refractivity contribution in [2.75, 3.05) is 11.9 Å². The summed E-state index contributed by atoms with van der Waals surface area (Å²) in [6.07, 6.45) is 0.637. The highest BCUT2D eigenvalue weighted by atomic mass is 32.1. The van der Waals surface area contributed by atoms with Crippen molar-refractivity contribution >= 4 is 28.8 Å². The molecule has 0 radical (unpaired) electrons. The van der Waals surface area contributed by atoms with Crippen LogP contribution in [0.1, 0.15) is 27.3 Å². The zero-order valence-corrected chi connectivity index (χ0v) is 17.9. The average molecular weight is 408 g/mol. The number of nitrogens with zero attached hydrogens (tertiary/aromatic N) is 1. The Balaban J connectivity index is 1.55. The van der Waals surface area contributed by atoms with Crippen LogP contribution in [-0.2, 0) is 16.0 Å². The number of hydrogen-bond acceptors (Lipinski definition) is 4. The van der Waals surface area contributed by atoms with Crippen molar-refractivity contribution in [3.05, 3.63) is 69.7 Å². The Morgan fingerprint density at radius 2 is 1.66 bits per heavy atom. The molecule has 3 aromatic rings. The lowest BCUT2D eigenvalue weighted by Gasteiger charge is -2.08. The van der Waals surface area contributed by atoms with Gasteiger partial charge >= 0.3 is 11.8 Å². The number of benzene rings is 2. The monoisotopic (exact) mass is 407 g/mol. The van der Waals surface area contributed by atoms with Gasteiger partial charge in [0.25, 0.3) is 0 Å². The standard InChI is InChI=1S/C23H25N3O2S/c1-14-6-5-7-18(11-14)23-25-17(4)20(29-23)8-9-24-21(27)22(28)26-19-12-15(2)10-16(3)13-19/h5-7,10-13H,8-9H2,1-4H3,(H,24,27)(H,26,28). The molecule has 2 N–H and O–H groups in total. The Hall–Kier alpha value is -2.99. The fourth-order valence-electron chi connectivity index (χ4n) is 3.17. The van der Waals surface area contributed by atoms with E-state index in [0.29, 0.717) is 18.7 Å². The van der Waals surface area contributed by atoms with Gasteiger partial charge in [-0.05, 0) is 57.0 Å². The Morgan fingerprint density at radius 3 is 2.34 bits per heavy atom. The molecule has 5 nitrogen and oxygen atoms in total. The molecule has 0 saturated heterocycles. The molecule has 1 aromatic heterocycles. The molecule has 0 unspecified atom stereocenters. The summed E-state index contributed by atoms with van der Waals surface area (Å²) in [6, 6.07) is 13.9. The van der Waals surface area contributed by atoms with Crippen LogP contribution >= 0.6 is 11.3 Å². The molecule has 0 aliphatic heterocycles. The Morgan fingerprint density at radius 1 is 0.931 bits per heavy atom. The van der Waals surface area contributed by atoms with E-state index < -0.39 is 11.8 Å². The van der Waals surface area contributed by atoms with E-state index in [1.165, 1.54) is 5.56 Å². The van der Waals surface area contributed by atoms with E-state index in [4.69, 9.17) is 0 Å². The number of hydrogen-bond donors (Lipinski definition) is 2. The van der Waals surface area contributed by atoms with Crippen molar-refractivity contribution < 1.29 is 9.59 Å². The summed E-state index contributed by atoms with van der Waals surface area (Å²) in [5, 5.41) is 6.32. The largest absolute Gasteiger partial charge is 0.347 e. The lowest BCUT2D eigenvalue weighted by molar-refractivity contribution is -0.136. The summed E-state index contributed by atoms with van der Waals surface area (Å²) < 4.78 is 0. The van der Waals surface area contributed by atoms with Crippen molar-refractivity contribution in [3.8, 4) is 10.6 Å². The fourth-order valence-corrected chi connectivity index (χ4v) is 4.22. The van der Waals surface area contributed by atoms with Crippen LogP contribution in [0, 0.1) is 27.7 Å². The zero-order chi connectivity index (χ0) is 21.0. The van der Waals surface area contributed by atoms with Crippen molar-refractivity contribution in [2.45, 2.75) is 34.1 Å². The van der Waals surface area contributed by atoms with E-state index in [9.17, 15) is 9.59 Å². The maximum Gasteiger partial charge on any atom is 0.313 e. The minimum absolute atomic E-state index is 0.384. The molecule has 2 amide bonds. The molecule has 0 aliphatic carbocycles. The van der Waals surface area contributed by atoms with Gasteiger partial charge in [-0.25, -0.2) is 4.98 Å². The second kappa shape index (κ2) is 9.01. The molecule has 0 spiro atoms. The number of thiazole rings is 1. The molecule has 3 rings (SSSR count). The average Bonchev–Trinajstić information content (AvgIpc) is 3.01. The predicted octanol–water partition coefficient (Wildman–Crippen LogP) is 4.34. The summed E-state index contributed by atoms with van der Waals surface area (Å²) in [5.74, 6) is -1.29. The maximum atomic E-state index is 12.1. The molecule has 29 heavy (non-hydrogen) atoms. The number of aromatic nitrogens is 1. The summed E-state index contributed by atoms with van der Waals surface area (Å²) >= 11 is 1.62. The number of carbonyl (C=O) groups is 2. The van der Waals surface area contributed by atoms with Crippen LogP contribution in [0.5, 0.6) is 0 Å². The first-order valence-electron chi connectivity index (χ1n) is 9.52. The van der Waals surface area contributed by atoms with Gasteiger partial charge < -0.3 is 10.6 Å². The Bertz CT molecular complexity index is 1040. The van der Waals surface area contributed by atoms with Crippen LogP contribution < -0.4 is 10.6 Å². The number of anilines is 1. The predicted molar refractivity (Wildman–Crippen MR) is 118 cm³/mol. The van der Waals surface area contributed by atoms with Gasteiger partial charge in [-0.15, -0.1) is 11.3 Å². The van der Waals surface area contributed by atoms with Gasteiger partial charge in [0.2, 0.25) is 0 Å². The third-order valence-electron chi connectivity index (χ3n) is 4.48. The normalized spacial score (nSPS) is 10.6. The molecule has 6 heteroatoms. The van der Waals surface area contributed by atoms with Crippen LogP contribution in [0.25, 0.3) is 10.6 Å². The first kappa shape index (κ1) is 20.7. The number of nitrogens with one attached hydrogen (secondary N) is 2. The smallest absolute Gasteiger partial charge is 0.313 e. The van der Waals surface area contributed by atoms with E-state index in [1.54, 1.807) is 11.3 Å². The number of amides is 2. The number of rotatable bonds is 5. The summed E-state index contributed by atoms with van der Waals surface area (Å²) in [4.78, 5) is 30.0. The van der Waals surface area contributed by atoms with Crippen molar-refractivity contribution in [1.82, 2.24) is 10.3 Å². The second-order valence-corrected chi connectivity index (χ2v) is 8.32. The summed E-state index contributed by atoms with van der Waals surface area (Å²) in [5.41, 5.74) is 5.95. The molecule has 0 bridgehead atoms. The molecule has 2 aromatic carbocycles. The van der Waals surface area contributed by atoms with Crippen molar-refractivity contribution in [3.63, 3.8) is 0 Å². The van der Waals surface area contributed by atoms with Gasteiger partial charge in [-0.3, -0.25) is 9.59 Å². The molecule has 0 atom stereocenters. The van der Waals surface area contributed by atoms with Crippen LogP contribution in [0.4, 0.5) is 5.69 Å². The summed E-state index contributed by atoms with van der Waals surface area (Å²) in [7, 11) is 0. The summed E-state index contributed by atoms with van der Waals surface area (Å²) in [6.45, 7) is 8.31. The molecule has 0 aliphatic rings. The minimum Gasteiger partial charge on any atom is -0.347 e. The molecule has 1 heterocycles. The van der Waals surface area contributed by atoms with E-state index in [-0.39, 0.29) is 0 Å². The van der Waals surface area contributed by atoms with Gasteiger partial charge in [0.15, 0.2) is 0 Å². The van der Waals surface area contributed by atoms with Gasteiger partial charge in [-0.2, -0.15) is 0 Å². The Kier molecular flexibility index (Phi) is 6.44. The zero-order valence-electron chi connectivity index (χ0n) is 17.1. The van der Waals surface area contributed by atoms with Gasteiger partial charge in [0.05, 0.1) is 5.69 Å². The molecule has 150 valence electrons. The third-order valence-corrected chi connectivity index (χ3v) is 5.75. The second-order valence-electron chi connectivity index (χ2n) is 7.23. The molecular weight excluding hydrogens is 382 g/mol. The lowest BCUT2D eigenvalue weighted by Crippen LogP contribution is -2.36. The highest BCUT2D eigenvalue weighted by Gasteiger charge is 2.15. The van der Waals surface area contributed by atoms with Crippen LogP contribution in [0.2, 0.25) is 0 Å². The molecule has 0 saturated carbocycles. The van der Waals surface area contributed by atoms with Crippen molar-refractivity contribution in [1.29, 1.82) is 0 Å². The van der Waals surface area contributed by atoms with E-state index in [0.717, 1.165) is 32.3 Å². The van der Waals surface area contributed by atoms with E-state index in [2.05, 4.69) is 34.7 Å². The van der Waals surface area contributed by atoms with Gasteiger partial charge in [0.1, 0.15) is 5.01 Å². The third kappa shape index (κ3) is 5.51. The minimum atomic E-state index is -0.656. The number of carbonyl (C=O) groups excluding carboxylic acids is 2. The maximum absolute atomic E-state index is 12.1. The SMILES string of the molecule is Cc1cc(C)cc(NC(=O)C(=O)NCCc2sc(-c3cccc(C)c3)nc2C)c1. The first-order valence-corrected chi connectivity index (χ1v) is 10.3. The van der Waals surface area contributed by atoms with E-state index in [1.807, 2.05) is 51.1 Å². The van der Waals surface area contributed by atoms with E-state index >= 15 is 0 Å². The van der Waals surface area contributed by atoms with Crippen LogP contribution in [0.3, 0.4) is 0 Å². The van der Waals surface area contributed by atoms with Gasteiger partial charge in [-0.1, -0.05) is 29.8 Å². The highest BCUT2D eigenvalue weighted by molar-refractivity contribution is 7.15.